The van der Waals surface area contributed by atoms with Crippen LogP contribution in [-0.4, -0.2) is 51.7 Å². The van der Waals surface area contributed by atoms with Crippen LogP contribution in [0.2, 0.25) is 5.02 Å². The Hall–Kier alpha value is -5.10. The summed E-state index contributed by atoms with van der Waals surface area (Å²) in [4.78, 5) is 43.7. The summed E-state index contributed by atoms with van der Waals surface area (Å²) in [6.45, 7) is 0. The third-order valence-electron chi connectivity index (χ3n) is 6.70. The highest BCUT2D eigenvalue weighted by Crippen LogP contribution is 2.34. The molecule has 0 unspecified atom stereocenters. The van der Waals surface area contributed by atoms with Crippen molar-refractivity contribution < 1.29 is 14.7 Å². The average molecular weight is 557 g/mol. The van der Waals surface area contributed by atoms with Gasteiger partial charge in [-0.2, -0.15) is 4.68 Å². The van der Waals surface area contributed by atoms with Gasteiger partial charge in [-0.15, -0.1) is 5.10 Å². The summed E-state index contributed by atoms with van der Waals surface area (Å²) in [6, 6.07) is 15.6. The first kappa shape index (κ1) is 25.2. The summed E-state index contributed by atoms with van der Waals surface area (Å²) in [5.41, 5.74) is 4.97. The smallest absolute Gasteiger partial charge is 0.312 e. The molecule has 5 aromatic rings. The van der Waals surface area contributed by atoms with Crippen molar-refractivity contribution in [3.05, 3.63) is 94.0 Å². The molecule has 6 rings (SSSR count). The number of halogens is 1. The van der Waals surface area contributed by atoms with Crippen LogP contribution in [0.25, 0.3) is 28.1 Å². The highest BCUT2D eigenvalue weighted by atomic mass is 35.5. The Balaban J connectivity index is 1.26. The summed E-state index contributed by atoms with van der Waals surface area (Å²) in [7, 11) is 0. The fourth-order valence-corrected chi connectivity index (χ4v) is 5.12. The largest absolute Gasteiger partial charge is 0.481 e. The molecule has 3 aromatic heterocycles. The van der Waals surface area contributed by atoms with E-state index in [0.29, 0.717) is 35.1 Å². The second-order valence-electron chi connectivity index (χ2n) is 9.29. The number of hydrogen-bond donors (Lipinski definition) is 3. The molecule has 0 fully saturated rings. The predicted octanol–water partition coefficient (Wildman–Crippen LogP) is 3.48. The van der Waals surface area contributed by atoms with Gasteiger partial charge in [-0.3, -0.25) is 14.4 Å². The van der Waals surface area contributed by atoms with Gasteiger partial charge in [-0.05, 0) is 70.8 Å². The number of rotatable bonds is 7. The number of H-pyrrole nitrogens is 1. The number of carboxylic acid groups (broad SMARTS) is 1. The van der Waals surface area contributed by atoms with E-state index < -0.39 is 18.3 Å². The van der Waals surface area contributed by atoms with Gasteiger partial charge in [0.15, 0.2) is 0 Å². The maximum atomic E-state index is 13.4. The van der Waals surface area contributed by atoms with E-state index in [-0.39, 0.29) is 11.6 Å². The Kier molecular flexibility index (Phi) is 6.44. The monoisotopic (exact) mass is 556 g/mol. The quantitative estimate of drug-likeness (QED) is 0.257. The molecule has 13 heteroatoms. The molecular formula is C27H21ClN8O4. The molecule has 12 nitrogen and oxygen atoms in total. The number of aromatic nitrogens is 7. The zero-order chi connectivity index (χ0) is 27.8. The van der Waals surface area contributed by atoms with E-state index in [2.05, 4.69) is 30.8 Å². The van der Waals surface area contributed by atoms with Crippen molar-refractivity contribution in [3.8, 4) is 28.1 Å². The number of carboxylic acids is 1. The lowest BCUT2D eigenvalue weighted by Gasteiger charge is -2.15. The van der Waals surface area contributed by atoms with Crippen molar-refractivity contribution in [2.75, 3.05) is 5.32 Å². The Morgan fingerprint density at radius 3 is 2.67 bits per heavy atom. The Morgan fingerprint density at radius 2 is 1.93 bits per heavy atom. The summed E-state index contributed by atoms with van der Waals surface area (Å²) in [5.74, 6) is -1.12. The van der Waals surface area contributed by atoms with Crippen LogP contribution in [0.5, 0.6) is 0 Å². The second-order valence-corrected chi connectivity index (χ2v) is 9.73. The molecule has 0 spiro atoms. The summed E-state index contributed by atoms with van der Waals surface area (Å²) in [6.07, 6.45) is 3.98. The summed E-state index contributed by atoms with van der Waals surface area (Å²) >= 11 is 6.29. The number of aliphatic carboxylic acids is 1. The fraction of sp³-hybridized carbons (Fsp3) is 0.148. The van der Waals surface area contributed by atoms with Crippen LogP contribution in [0.1, 0.15) is 30.4 Å². The molecule has 1 amide bonds. The van der Waals surface area contributed by atoms with Gasteiger partial charge in [-0.1, -0.05) is 23.7 Å². The van der Waals surface area contributed by atoms with E-state index in [1.54, 1.807) is 53.2 Å². The SMILES string of the molecule is O=C(O)CC(=O)Nc1ccc(-c2cnc([C@@H]3CCc4cc(-c5cc(Cl)ccc5-n5cnnn5)cc(=O)n43)[nH]2)cc1. The minimum Gasteiger partial charge on any atom is -0.481 e. The fourth-order valence-electron chi connectivity index (χ4n) is 4.95. The van der Waals surface area contributed by atoms with Gasteiger partial charge < -0.3 is 20.0 Å². The van der Waals surface area contributed by atoms with Crippen molar-refractivity contribution >= 4 is 29.2 Å². The van der Waals surface area contributed by atoms with E-state index in [4.69, 9.17) is 16.7 Å². The van der Waals surface area contributed by atoms with Gasteiger partial charge in [0.25, 0.3) is 5.56 Å². The van der Waals surface area contributed by atoms with Gasteiger partial charge in [0, 0.05) is 28.0 Å². The van der Waals surface area contributed by atoms with Crippen LogP contribution < -0.4 is 10.9 Å². The number of carbonyl (C=O) groups excluding carboxylic acids is 1. The molecule has 1 aliphatic heterocycles. The van der Waals surface area contributed by atoms with E-state index in [0.717, 1.165) is 28.1 Å². The lowest BCUT2D eigenvalue weighted by Crippen LogP contribution is -2.23. The minimum absolute atomic E-state index is 0.156. The predicted molar refractivity (Wildman–Crippen MR) is 145 cm³/mol. The maximum Gasteiger partial charge on any atom is 0.312 e. The highest BCUT2D eigenvalue weighted by molar-refractivity contribution is 6.31. The van der Waals surface area contributed by atoms with Crippen molar-refractivity contribution in [1.82, 2.24) is 34.7 Å². The molecule has 1 aliphatic rings. The van der Waals surface area contributed by atoms with Crippen LogP contribution in [0.3, 0.4) is 0 Å². The number of anilines is 1. The molecule has 0 bridgehead atoms. The van der Waals surface area contributed by atoms with Gasteiger partial charge in [0.2, 0.25) is 5.91 Å². The van der Waals surface area contributed by atoms with E-state index >= 15 is 0 Å². The first-order valence-electron chi connectivity index (χ1n) is 12.3. The van der Waals surface area contributed by atoms with E-state index in [1.807, 2.05) is 12.1 Å². The number of hydrogen-bond acceptors (Lipinski definition) is 7. The zero-order valence-corrected chi connectivity index (χ0v) is 21.5. The third-order valence-corrected chi connectivity index (χ3v) is 6.94. The lowest BCUT2D eigenvalue weighted by molar-refractivity contribution is -0.139. The molecule has 0 radical (unpaired) electrons. The number of benzene rings is 2. The van der Waals surface area contributed by atoms with Crippen molar-refractivity contribution in [2.24, 2.45) is 0 Å². The van der Waals surface area contributed by atoms with Crippen LogP contribution in [0.15, 0.2) is 71.9 Å². The summed E-state index contributed by atoms with van der Waals surface area (Å²) in [5, 5.41) is 23.2. The van der Waals surface area contributed by atoms with E-state index in [9.17, 15) is 14.4 Å². The molecule has 1 atom stereocenters. The second kappa shape index (κ2) is 10.2. The Labute approximate surface area is 231 Å². The number of aromatic amines is 1. The zero-order valence-electron chi connectivity index (χ0n) is 20.8. The number of imidazole rings is 1. The highest BCUT2D eigenvalue weighted by Gasteiger charge is 2.28. The number of amides is 1. The van der Waals surface area contributed by atoms with Crippen LogP contribution >= 0.6 is 11.6 Å². The minimum atomic E-state index is -1.19. The van der Waals surface area contributed by atoms with Crippen molar-refractivity contribution in [3.63, 3.8) is 0 Å². The number of carbonyl (C=O) groups is 2. The Morgan fingerprint density at radius 1 is 1.10 bits per heavy atom. The topological polar surface area (TPSA) is 161 Å². The van der Waals surface area contributed by atoms with E-state index in [1.165, 1.54) is 11.0 Å². The number of nitrogens with one attached hydrogen (secondary N) is 2. The number of pyridine rings is 1. The van der Waals surface area contributed by atoms with Crippen LogP contribution in [0, 0.1) is 0 Å². The summed E-state index contributed by atoms with van der Waals surface area (Å²) < 4.78 is 3.29. The van der Waals surface area contributed by atoms with Gasteiger partial charge in [0.05, 0.1) is 23.6 Å². The first-order chi connectivity index (χ1) is 19.4. The molecule has 0 saturated carbocycles. The third kappa shape index (κ3) is 4.87. The standard InChI is InChI=1S/C27H21ClN8O4/c28-17-3-7-22(35-14-30-33-34-35)20(11-17)16-9-19-6-8-23(36(19)25(38)10-16)27-29-13-21(32-27)15-1-4-18(5-2-15)31-24(37)12-26(39)40/h1-5,7,9-11,13-14,23H,6,8,12H2,(H,29,32)(H,31,37)(H,39,40)/t23-/m0/s1. The molecule has 0 saturated heterocycles. The van der Waals surface area contributed by atoms with Gasteiger partial charge >= 0.3 is 5.97 Å². The van der Waals surface area contributed by atoms with Crippen LogP contribution in [0.4, 0.5) is 5.69 Å². The average Bonchev–Trinajstić information content (AvgIpc) is 3.69. The molecule has 40 heavy (non-hydrogen) atoms. The molecule has 0 aliphatic carbocycles. The Bertz CT molecular complexity index is 1790. The number of tetrazole rings is 1. The number of nitrogens with zero attached hydrogens (tertiary/aromatic N) is 6. The first-order valence-corrected chi connectivity index (χ1v) is 12.7. The lowest BCUT2D eigenvalue weighted by atomic mass is 10.0. The molecule has 4 heterocycles. The van der Waals surface area contributed by atoms with Crippen molar-refractivity contribution in [2.45, 2.75) is 25.3 Å². The number of aryl methyl sites for hydroxylation is 1. The maximum absolute atomic E-state index is 13.4. The molecule has 3 N–H and O–H groups in total. The normalized spacial score (nSPS) is 14.2. The van der Waals surface area contributed by atoms with Crippen molar-refractivity contribution in [1.29, 1.82) is 0 Å². The van der Waals surface area contributed by atoms with Crippen LogP contribution in [-0.2, 0) is 16.0 Å². The number of fused-ring (bicyclic) bond motifs is 1. The van der Waals surface area contributed by atoms with Gasteiger partial charge in [-0.25, -0.2) is 4.98 Å². The van der Waals surface area contributed by atoms with Gasteiger partial charge in [0.1, 0.15) is 18.6 Å². The molecule has 2 aromatic carbocycles. The molecule has 200 valence electrons. The molecular weight excluding hydrogens is 536 g/mol.